The summed E-state index contributed by atoms with van der Waals surface area (Å²) in [6, 6.07) is 0. The molecular formula is C13H21Cl2PTi. The first kappa shape index (κ1) is 16.3. The van der Waals surface area contributed by atoms with Gasteiger partial charge in [-0.1, -0.05) is 0 Å². The fourth-order valence-electron chi connectivity index (χ4n) is 3.12. The largest absolute Gasteiger partial charge is 1.00 e. The summed E-state index contributed by atoms with van der Waals surface area (Å²) in [6.07, 6.45) is 16.3. The van der Waals surface area contributed by atoms with E-state index >= 15 is 0 Å². The molecule has 0 aromatic rings. The molecule has 2 fully saturated rings. The van der Waals surface area contributed by atoms with Crippen molar-refractivity contribution in [2.45, 2.75) is 53.6 Å². The molecule has 0 N–H and O–H groups in total. The van der Waals surface area contributed by atoms with Crippen LogP contribution in [0.15, 0.2) is 22.1 Å². The molecule has 0 spiro atoms. The van der Waals surface area contributed by atoms with Crippen molar-refractivity contribution < 1.29 is 40.9 Å². The second kappa shape index (κ2) is 7.11. The molecule has 3 rings (SSSR count). The standard InChI is InChI=1S/C6H12P.C5H5.C2H4.2ClH.Ti/c7-6-4-2-1-3-5-6;1-2-4-5-3-1;1-2;;;/h6-7H,1-5H2;1-3H,4H2;1-2H2;2*1H;/q-1;;;;;+3/p-2. The van der Waals surface area contributed by atoms with Gasteiger partial charge in [-0.25, -0.2) is 0 Å². The second-order valence-corrected chi connectivity index (χ2v) is 17.7. The molecule has 1 aliphatic heterocycles. The molecular weight excluding hydrogens is 306 g/mol. The Morgan fingerprint density at radius 3 is 2.29 bits per heavy atom. The molecule has 2 aliphatic carbocycles. The molecule has 1 saturated heterocycles. The number of hydrogen-bond acceptors (Lipinski definition) is 0. The Morgan fingerprint density at radius 2 is 1.76 bits per heavy atom. The average molecular weight is 327 g/mol. The Balaban J connectivity index is 0.000000722. The van der Waals surface area contributed by atoms with E-state index in [0.717, 1.165) is 0 Å². The minimum absolute atomic E-state index is 0. The van der Waals surface area contributed by atoms with Gasteiger partial charge in [0.15, 0.2) is 0 Å². The van der Waals surface area contributed by atoms with Gasteiger partial charge in [0.25, 0.3) is 0 Å². The van der Waals surface area contributed by atoms with Gasteiger partial charge in [-0.05, 0) is 0 Å². The van der Waals surface area contributed by atoms with Crippen molar-refractivity contribution in [3.05, 3.63) is 22.1 Å². The average Bonchev–Trinajstić information content (AvgIpc) is 2.84. The maximum atomic E-state index is 2.49. The van der Waals surface area contributed by atoms with Gasteiger partial charge >= 0.3 is 98.4 Å². The molecule has 1 atom stereocenters. The van der Waals surface area contributed by atoms with Gasteiger partial charge in [-0.2, -0.15) is 0 Å². The maximum Gasteiger partial charge on any atom is -1.00 e. The third-order valence-electron chi connectivity index (χ3n) is 4.22. The van der Waals surface area contributed by atoms with E-state index in [0.29, 0.717) is 0 Å². The summed E-state index contributed by atoms with van der Waals surface area (Å²) >= 11 is -1.30. The Morgan fingerprint density at radius 1 is 1.06 bits per heavy atom. The zero-order chi connectivity index (χ0) is 10.1. The van der Waals surface area contributed by atoms with Crippen LogP contribution in [-0.2, 0) is 16.1 Å². The summed E-state index contributed by atoms with van der Waals surface area (Å²) in [7, 11) is 0. The van der Waals surface area contributed by atoms with Crippen molar-refractivity contribution >= 4 is 6.57 Å². The predicted molar refractivity (Wildman–Crippen MR) is 66.6 cm³/mol. The zero-order valence-corrected chi connectivity index (χ0v) is 14.3. The number of allylic oxidation sites excluding steroid dienone is 4. The molecule has 0 nitrogen and oxygen atoms in total. The van der Waals surface area contributed by atoms with E-state index in [4.69, 9.17) is 0 Å². The van der Waals surface area contributed by atoms with E-state index in [1.807, 2.05) is 3.88 Å². The quantitative estimate of drug-likeness (QED) is 0.450. The molecule has 1 unspecified atom stereocenters. The van der Waals surface area contributed by atoms with Gasteiger partial charge < -0.3 is 24.8 Å². The van der Waals surface area contributed by atoms with Crippen molar-refractivity contribution in [2.75, 3.05) is 0 Å². The SMILES string of the molecule is C1=CC[C]([Ti+2]2([PH]C3CCCCC3)[CH2][CH2]2)=C1.[Cl-].[Cl-]. The number of halogens is 2. The molecule has 1 heterocycles. The third kappa shape index (κ3) is 3.83. The molecule has 17 heavy (non-hydrogen) atoms. The van der Waals surface area contributed by atoms with Crippen molar-refractivity contribution in [3.8, 4) is 0 Å². The Kier molecular flexibility index (Phi) is 6.80. The van der Waals surface area contributed by atoms with E-state index in [1.165, 1.54) is 37.9 Å². The Hall–Kier alpha value is 1.20. The van der Waals surface area contributed by atoms with Crippen LogP contribution in [0.2, 0.25) is 9.45 Å². The molecule has 96 valence electrons. The smallest absolute Gasteiger partial charge is 1.00 e. The molecule has 0 amide bonds. The summed E-state index contributed by atoms with van der Waals surface area (Å²) in [4.78, 5) is 0. The van der Waals surface area contributed by atoms with Crippen LogP contribution in [0.4, 0.5) is 0 Å². The van der Waals surface area contributed by atoms with Gasteiger partial charge in [0.2, 0.25) is 0 Å². The first-order chi connectivity index (χ1) is 7.39. The van der Waals surface area contributed by atoms with Gasteiger partial charge in [0, 0.05) is 0 Å². The number of hydrogen-bond donors (Lipinski definition) is 0. The summed E-state index contributed by atoms with van der Waals surface area (Å²) in [5.41, 5.74) is 1.17. The van der Waals surface area contributed by atoms with E-state index in [-0.39, 0.29) is 24.8 Å². The Bertz CT molecular complexity index is 305. The molecule has 0 radical (unpaired) electrons. The van der Waals surface area contributed by atoms with Crippen molar-refractivity contribution in [1.82, 2.24) is 0 Å². The van der Waals surface area contributed by atoms with Crippen LogP contribution >= 0.6 is 6.57 Å². The minimum Gasteiger partial charge on any atom is -1.00 e. The summed E-state index contributed by atoms with van der Waals surface area (Å²) < 4.78 is 5.32. The van der Waals surface area contributed by atoms with Crippen molar-refractivity contribution in [1.29, 1.82) is 0 Å². The predicted octanol–water partition coefficient (Wildman–Crippen LogP) is -1.23. The van der Waals surface area contributed by atoms with Gasteiger partial charge in [-0.15, -0.1) is 0 Å². The first-order valence-corrected chi connectivity index (χ1v) is 12.9. The van der Waals surface area contributed by atoms with E-state index < -0.39 is 16.1 Å². The monoisotopic (exact) mass is 326 g/mol. The maximum absolute atomic E-state index is 2.49. The van der Waals surface area contributed by atoms with Crippen LogP contribution in [0.1, 0.15) is 38.5 Å². The second-order valence-electron chi connectivity index (χ2n) is 5.39. The van der Waals surface area contributed by atoms with Gasteiger partial charge in [-0.3, -0.25) is 0 Å². The van der Waals surface area contributed by atoms with Crippen molar-refractivity contribution in [2.24, 2.45) is 0 Å². The number of rotatable bonds is 3. The summed E-state index contributed by atoms with van der Waals surface area (Å²) in [5.74, 6) is 0. The topological polar surface area (TPSA) is 0 Å². The molecule has 4 heteroatoms. The molecule has 0 aromatic heterocycles. The van der Waals surface area contributed by atoms with E-state index in [1.54, 1.807) is 22.3 Å². The normalized spacial score (nSPS) is 24.6. The third-order valence-corrected chi connectivity index (χ3v) is 18.5. The van der Waals surface area contributed by atoms with Crippen LogP contribution in [-0.4, -0.2) is 5.66 Å². The van der Waals surface area contributed by atoms with E-state index in [9.17, 15) is 0 Å². The fourth-order valence-corrected chi connectivity index (χ4v) is 19.6. The van der Waals surface area contributed by atoms with Crippen LogP contribution in [0, 0.1) is 0 Å². The van der Waals surface area contributed by atoms with Crippen LogP contribution in [0.3, 0.4) is 0 Å². The molecule has 0 aromatic carbocycles. The summed E-state index contributed by atoms with van der Waals surface area (Å²) in [6.45, 7) is 1.43. The molecule has 1 saturated carbocycles. The van der Waals surface area contributed by atoms with Gasteiger partial charge in [0.05, 0.1) is 0 Å². The van der Waals surface area contributed by atoms with Crippen LogP contribution in [0.5, 0.6) is 0 Å². The minimum atomic E-state index is -1.30. The van der Waals surface area contributed by atoms with E-state index in [2.05, 4.69) is 18.2 Å². The molecule has 0 bridgehead atoms. The molecule has 3 aliphatic rings. The van der Waals surface area contributed by atoms with Crippen molar-refractivity contribution in [3.63, 3.8) is 0 Å². The Labute approximate surface area is 122 Å². The fraction of sp³-hybridized carbons (Fsp3) is 0.692. The summed E-state index contributed by atoms with van der Waals surface area (Å²) in [5, 5.41) is 0. The zero-order valence-electron chi connectivity index (χ0n) is 10.2. The first-order valence-electron chi connectivity index (χ1n) is 6.53. The van der Waals surface area contributed by atoms with Gasteiger partial charge in [0.1, 0.15) is 0 Å². The van der Waals surface area contributed by atoms with Crippen LogP contribution in [0.25, 0.3) is 0 Å². The van der Waals surface area contributed by atoms with Crippen LogP contribution < -0.4 is 24.8 Å².